The van der Waals surface area contributed by atoms with E-state index in [4.69, 9.17) is 22.1 Å². The molecule has 0 radical (unpaired) electrons. The molecule has 2 aromatic rings. The van der Waals surface area contributed by atoms with Crippen molar-refractivity contribution in [3.63, 3.8) is 0 Å². The van der Waals surface area contributed by atoms with Gasteiger partial charge >= 0.3 is 5.97 Å². The highest BCUT2D eigenvalue weighted by Crippen LogP contribution is 2.20. The molecule has 1 amide bonds. The van der Waals surface area contributed by atoms with Gasteiger partial charge in [-0.3, -0.25) is 9.59 Å². The van der Waals surface area contributed by atoms with E-state index < -0.39 is 18.0 Å². The van der Waals surface area contributed by atoms with Gasteiger partial charge in [0.05, 0.1) is 16.3 Å². The fourth-order valence-electron chi connectivity index (χ4n) is 1.98. The Hall–Kier alpha value is -2.86. The van der Waals surface area contributed by atoms with Crippen molar-refractivity contribution in [1.82, 2.24) is 0 Å². The number of carbonyl (C=O) groups excluding carboxylic acids is 3. The minimum atomic E-state index is -1.02. The Morgan fingerprint density at radius 2 is 1.68 bits per heavy atom. The lowest BCUT2D eigenvalue weighted by Crippen LogP contribution is -2.30. The van der Waals surface area contributed by atoms with Crippen LogP contribution >= 0.6 is 11.6 Å². The molecular weight excluding hydrogens is 344 g/mol. The molecule has 0 aliphatic heterocycles. The summed E-state index contributed by atoms with van der Waals surface area (Å²) in [6, 6.07) is 10.7. The maximum Gasteiger partial charge on any atom is 0.338 e. The molecule has 2 aromatic carbocycles. The first-order chi connectivity index (χ1) is 11.8. The van der Waals surface area contributed by atoms with E-state index in [0.29, 0.717) is 16.3 Å². The van der Waals surface area contributed by atoms with Crippen LogP contribution in [0.5, 0.6) is 0 Å². The molecule has 2 rings (SSSR count). The van der Waals surface area contributed by atoms with Crippen molar-refractivity contribution < 1.29 is 19.1 Å². The van der Waals surface area contributed by atoms with Gasteiger partial charge in [0.1, 0.15) is 0 Å². The Morgan fingerprint density at radius 3 is 2.24 bits per heavy atom. The summed E-state index contributed by atoms with van der Waals surface area (Å²) in [5.74, 6) is -1.24. The summed E-state index contributed by atoms with van der Waals surface area (Å²) in [6.45, 7) is 2.91. The molecule has 1 atom stereocenters. The van der Waals surface area contributed by atoms with E-state index in [1.807, 2.05) is 0 Å². The van der Waals surface area contributed by atoms with Crippen molar-refractivity contribution in [2.24, 2.45) is 0 Å². The molecule has 25 heavy (non-hydrogen) atoms. The predicted molar refractivity (Wildman–Crippen MR) is 95.8 cm³/mol. The zero-order valence-electron chi connectivity index (χ0n) is 13.7. The fraction of sp³-hybridized carbons (Fsp3) is 0.167. The zero-order chi connectivity index (χ0) is 18.6. The van der Waals surface area contributed by atoms with Gasteiger partial charge in [-0.15, -0.1) is 0 Å². The molecule has 0 fully saturated rings. The average Bonchev–Trinajstić information content (AvgIpc) is 2.57. The van der Waals surface area contributed by atoms with E-state index in [1.165, 1.54) is 32.0 Å². The number of hydrogen-bond acceptors (Lipinski definition) is 5. The summed E-state index contributed by atoms with van der Waals surface area (Å²) in [5.41, 5.74) is 7.13. The van der Waals surface area contributed by atoms with Crippen molar-refractivity contribution in [2.45, 2.75) is 20.0 Å². The molecule has 7 heteroatoms. The number of esters is 1. The number of ether oxygens (including phenoxy) is 1. The van der Waals surface area contributed by atoms with Gasteiger partial charge < -0.3 is 15.8 Å². The van der Waals surface area contributed by atoms with Crippen LogP contribution in [0.15, 0.2) is 42.5 Å². The summed E-state index contributed by atoms with van der Waals surface area (Å²) in [7, 11) is 0. The highest BCUT2D eigenvalue weighted by molar-refractivity contribution is 6.33. The first kappa shape index (κ1) is 18.5. The molecule has 0 aliphatic carbocycles. The van der Waals surface area contributed by atoms with Crippen molar-refractivity contribution in [3.05, 3.63) is 58.6 Å². The van der Waals surface area contributed by atoms with Crippen LogP contribution in [0.25, 0.3) is 0 Å². The number of halogens is 1. The summed E-state index contributed by atoms with van der Waals surface area (Å²) < 4.78 is 5.12. The van der Waals surface area contributed by atoms with Gasteiger partial charge in [0.15, 0.2) is 11.9 Å². The van der Waals surface area contributed by atoms with Crippen LogP contribution < -0.4 is 11.1 Å². The number of nitrogen functional groups attached to an aromatic ring is 1. The number of amides is 1. The highest BCUT2D eigenvalue weighted by atomic mass is 35.5. The minimum absolute atomic E-state index is 0.0672. The van der Waals surface area contributed by atoms with E-state index in [9.17, 15) is 14.4 Å². The van der Waals surface area contributed by atoms with Gasteiger partial charge in [-0.1, -0.05) is 11.6 Å². The normalized spacial score (nSPS) is 11.5. The monoisotopic (exact) mass is 360 g/mol. The molecule has 0 bridgehead atoms. The minimum Gasteiger partial charge on any atom is -0.449 e. The van der Waals surface area contributed by atoms with Gasteiger partial charge in [-0.2, -0.15) is 0 Å². The number of nitrogens with one attached hydrogen (secondary N) is 1. The molecule has 130 valence electrons. The zero-order valence-corrected chi connectivity index (χ0v) is 14.5. The average molecular weight is 361 g/mol. The Labute approximate surface area is 149 Å². The third kappa shape index (κ3) is 4.81. The number of anilines is 2. The Morgan fingerprint density at radius 1 is 1.08 bits per heavy atom. The summed E-state index contributed by atoms with van der Waals surface area (Å²) in [5, 5.41) is 2.94. The van der Waals surface area contributed by atoms with Crippen molar-refractivity contribution in [3.8, 4) is 0 Å². The largest absolute Gasteiger partial charge is 0.449 e. The van der Waals surface area contributed by atoms with Crippen LogP contribution in [0.3, 0.4) is 0 Å². The van der Waals surface area contributed by atoms with Crippen LogP contribution in [0.1, 0.15) is 34.6 Å². The number of carbonyl (C=O) groups is 3. The lowest BCUT2D eigenvalue weighted by molar-refractivity contribution is -0.123. The van der Waals surface area contributed by atoms with Gasteiger partial charge in [-0.05, 0) is 56.3 Å². The summed E-state index contributed by atoms with van der Waals surface area (Å²) in [4.78, 5) is 35.4. The van der Waals surface area contributed by atoms with E-state index in [0.717, 1.165) is 0 Å². The van der Waals surface area contributed by atoms with Crippen LogP contribution in [0.4, 0.5) is 11.4 Å². The predicted octanol–water partition coefficient (Wildman–Crippen LogP) is 3.31. The first-order valence-corrected chi connectivity index (χ1v) is 7.83. The molecule has 0 unspecified atom stereocenters. The number of Topliss-reactive ketones (excluding diaryl/α,β-unsaturated/α-hetero) is 1. The lowest BCUT2D eigenvalue weighted by atomic mass is 10.1. The maximum absolute atomic E-state index is 12.1. The second-order valence-electron chi connectivity index (χ2n) is 5.41. The Kier molecular flexibility index (Phi) is 5.77. The van der Waals surface area contributed by atoms with Crippen molar-refractivity contribution >= 4 is 40.6 Å². The third-order valence-electron chi connectivity index (χ3n) is 3.44. The van der Waals surface area contributed by atoms with Crippen molar-refractivity contribution in [1.29, 1.82) is 0 Å². The second kappa shape index (κ2) is 7.81. The number of benzene rings is 2. The van der Waals surface area contributed by atoms with Crippen LogP contribution in [0, 0.1) is 0 Å². The van der Waals surface area contributed by atoms with Crippen molar-refractivity contribution in [2.75, 3.05) is 11.1 Å². The molecule has 0 spiro atoms. The van der Waals surface area contributed by atoms with E-state index in [-0.39, 0.29) is 17.0 Å². The molecule has 0 saturated heterocycles. The van der Waals surface area contributed by atoms with E-state index in [2.05, 4.69) is 5.32 Å². The Balaban J connectivity index is 1.98. The van der Waals surface area contributed by atoms with Gasteiger partial charge in [-0.25, -0.2) is 4.79 Å². The molecule has 0 heterocycles. The topological polar surface area (TPSA) is 98.5 Å². The summed E-state index contributed by atoms with van der Waals surface area (Å²) in [6.07, 6.45) is -1.02. The molecular formula is C18H17ClN2O4. The quantitative estimate of drug-likeness (QED) is 0.484. The third-order valence-corrected chi connectivity index (χ3v) is 3.79. The van der Waals surface area contributed by atoms with E-state index in [1.54, 1.807) is 24.3 Å². The fourth-order valence-corrected chi connectivity index (χ4v) is 2.10. The van der Waals surface area contributed by atoms with E-state index >= 15 is 0 Å². The smallest absolute Gasteiger partial charge is 0.338 e. The maximum atomic E-state index is 12.1. The molecule has 0 aromatic heterocycles. The van der Waals surface area contributed by atoms with Gasteiger partial charge in [0.2, 0.25) is 0 Å². The molecule has 0 saturated carbocycles. The first-order valence-electron chi connectivity index (χ1n) is 7.46. The summed E-state index contributed by atoms with van der Waals surface area (Å²) >= 11 is 5.80. The second-order valence-corrected chi connectivity index (χ2v) is 5.81. The molecule has 0 aliphatic rings. The standard InChI is InChI=1S/C18H17ClN2O4/c1-10(22)12-3-6-14(7-4-12)21-17(23)11(2)25-18(24)13-5-8-15(19)16(20)9-13/h3-9,11H,20H2,1-2H3,(H,21,23)/t11-/m0/s1. The Bertz CT molecular complexity index is 818. The SMILES string of the molecule is CC(=O)c1ccc(NC(=O)[C@H](C)OC(=O)c2ccc(Cl)c(N)c2)cc1. The van der Waals surface area contributed by atoms with Crippen LogP contribution in [-0.4, -0.2) is 23.8 Å². The molecule has 6 nitrogen and oxygen atoms in total. The number of rotatable bonds is 5. The van der Waals surface area contributed by atoms with Crippen LogP contribution in [-0.2, 0) is 9.53 Å². The molecule has 3 N–H and O–H groups in total. The highest BCUT2D eigenvalue weighted by Gasteiger charge is 2.19. The number of ketones is 1. The lowest BCUT2D eigenvalue weighted by Gasteiger charge is -2.14. The number of hydrogen-bond donors (Lipinski definition) is 2. The van der Waals surface area contributed by atoms with Gasteiger partial charge in [0.25, 0.3) is 5.91 Å². The van der Waals surface area contributed by atoms with Gasteiger partial charge in [0, 0.05) is 11.3 Å². The number of nitrogens with two attached hydrogens (primary N) is 1. The van der Waals surface area contributed by atoms with Crippen LogP contribution in [0.2, 0.25) is 5.02 Å².